The van der Waals surface area contributed by atoms with Crippen LogP contribution >= 0.6 is 0 Å². The zero-order valence-corrected chi connectivity index (χ0v) is 15.1. The summed E-state index contributed by atoms with van der Waals surface area (Å²) in [5.74, 6) is -0.469. The number of hydrogen-bond acceptors (Lipinski definition) is 3. The highest BCUT2D eigenvalue weighted by Crippen LogP contribution is 2.22. The van der Waals surface area contributed by atoms with Crippen molar-refractivity contribution in [2.45, 2.75) is 6.54 Å². The molecule has 5 rings (SSSR count). The minimum Gasteiger partial charge on any atom is -0.287 e. The van der Waals surface area contributed by atoms with Crippen LogP contribution in [0.5, 0.6) is 0 Å². The summed E-state index contributed by atoms with van der Waals surface area (Å²) in [5.41, 5.74) is 1.98. The van der Waals surface area contributed by atoms with E-state index in [2.05, 4.69) is 10.1 Å². The largest absolute Gasteiger partial charge is 0.351 e. The number of fused-ring (bicyclic) bond motifs is 3. The van der Waals surface area contributed by atoms with Crippen molar-refractivity contribution >= 4 is 16.6 Å². The van der Waals surface area contributed by atoms with Crippen molar-refractivity contribution in [3.63, 3.8) is 0 Å². The molecule has 0 unspecified atom stereocenters. The molecule has 0 saturated carbocycles. The molecule has 2 heterocycles. The van der Waals surface area contributed by atoms with E-state index >= 15 is 0 Å². The molecular formula is C22H14F2N4O. The average molecular weight is 388 g/mol. The maximum atomic E-state index is 13.6. The normalized spacial score (nSPS) is 11.4. The third-order valence-corrected chi connectivity index (χ3v) is 4.79. The number of benzene rings is 3. The van der Waals surface area contributed by atoms with Gasteiger partial charge in [-0.1, -0.05) is 36.4 Å². The van der Waals surface area contributed by atoms with Crippen LogP contribution in [-0.2, 0) is 6.54 Å². The Hall–Kier alpha value is -3.87. The highest BCUT2D eigenvalue weighted by atomic mass is 19.1. The molecule has 0 aliphatic rings. The van der Waals surface area contributed by atoms with Crippen molar-refractivity contribution in [1.82, 2.24) is 19.2 Å². The predicted octanol–water partition coefficient (Wildman–Crippen LogP) is 4.04. The standard InChI is InChI=1S/C22H14F2N4O/c23-16-10-8-14(9-11-16)13-27-19-7-2-1-6-18(19)21-25-20(26-28(21)22(27)29)15-4-3-5-17(24)12-15/h1-12H,13H2. The lowest BCUT2D eigenvalue weighted by molar-refractivity contribution is 0.625. The third kappa shape index (κ3) is 2.97. The van der Waals surface area contributed by atoms with Gasteiger partial charge in [-0.2, -0.15) is 4.52 Å². The van der Waals surface area contributed by atoms with Crippen LogP contribution < -0.4 is 5.69 Å². The van der Waals surface area contributed by atoms with Crippen molar-refractivity contribution in [2.24, 2.45) is 0 Å². The van der Waals surface area contributed by atoms with E-state index in [4.69, 9.17) is 0 Å². The van der Waals surface area contributed by atoms with Crippen LogP contribution in [0.2, 0.25) is 0 Å². The van der Waals surface area contributed by atoms with Gasteiger partial charge in [-0.25, -0.2) is 18.6 Å². The number of rotatable bonds is 3. The fraction of sp³-hybridized carbons (Fsp3) is 0.0455. The molecule has 5 aromatic rings. The van der Waals surface area contributed by atoms with Crippen LogP contribution in [0.25, 0.3) is 27.9 Å². The fourth-order valence-electron chi connectivity index (χ4n) is 3.41. The first-order valence-electron chi connectivity index (χ1n) is 8.99. The van der Waals surface area contributed by atoms with E-state index in [1.54, 1.807) is 28.8 Å². The van der Waals surface area contributed by atoms with E-state index in [0.717, 1.165) is 10.9 Å². The Bertz CT molecular complexity index is 1420. The molecule has 0 atom stereocenters. The fourth-order valence-corrected chi connectivity index (χ4v) is 3.41. The molecule has 142 valence electrons. The van der Waals surface area contributed by atoms with Gasteiger partial charge in [0, 0.05) is 10.9 Å². The Kier molecular flexibility index (Phi) is 3.94. The molecule has 0 N–H and O–H groups in total. The van der Waals surface area contributed by atoms with Gasteiger partial charge in [0.1, 0.15) is 11.6 Å². The second kappa shape index (κ2) is 6.63. The Morgan fingerprint density at radius 1 is 0.862 bits per heavy atom. The van der Waals surface area contributed by atoms with Crippen LogP contribution in [0.15, 0.2) is 77.6 Å². The van der Waals surface area contributed by atoms with Crippen molar-refractivity contribution < 1.29 is 8.78 Å². The molecule has 0 radical (unpaired) electrons. The van der Waals surface area contributed by atoms with Crippen molar-refractivity contribution in [1.29, 1.82) is 0 Å². The molecule has 0 fully saturated rings. The number of nitrogens with zero attached hydrogens (tertiary/aromatic N) is 4. The topological polar surface area (TPSA) is 52.2 Å². The molecule has 0 aliphatic heterocycles. The van der Waals surface area contributed by atoms with Crippen LogP contribution in [-0.4, -0.2) is 19.2 Å². The number of aromatic nitrogens is 4. The van der Waals surface area contributed by atoms with Crippen LogP contribution in [0.3, 0.4) is 0 Å². The molecule has 0 aliphatic carbocycles. The highest BCUT2D eigenvalue weighted by Gasteiger charge is 2.16. The van der Waals surface area contributed by atoms with Gasteiger partial charge in [0.25, 0.3) is 0 Å². The maximum absolute atomic E-state index is 13.6. The van der Waals surface area contributed by atoms with Gasteiger partial charge in [-0.3, -0.25) is 4.57 Å². The maximum Gasteiger partial charge on any atom is 0.351 e. The minimum absolute atomic E-state index is 0.255. The van der Waals surface area contributed by atoms with Gasteiger partial charge in [0.15, 0.2) is 11.5 Å². The third-order valence-electron chi connectivity index (χ3n) is 4.79. The summed E-state index contributed by atoms with van der Waals surface area (Å²) in [7, 11) is 0. The summed E-state index contributed by atoms with van der Waals surface area (Å²) in [6, 6.07) is 19.3. The molecule has 29 heavy (non-hydrogen) atoms. The summed E-state index contributed by atoms with van der Waals surface area (Å²) in [6.07, 6.45) is 0. The van der Waals surface area contributed by atoms with Gasteiger partial charge in [-0.15, -0.1) is 5.10 Å². The van der Waals surface area contributed by atoms with Crippen molar-refractivity contribution in [3.8, 4) is 11.4 Å². The van der Waals surface area contributed by atoms with E-state index in [-0.39, 0.29) is 23.9 Å². The first-order chi connectivity index (χ1) is 14.1. The molecule has 5 nitrogen and oxygen atoms in total. The van der Waals surface area contributed by atoms with E-state index in [0.29, 0.717) is 16.7 Å². The Balaban J connectivity index is 1.76. The highest BCUT2D eigenvalue weighted by molar-refractivity contribution is 5.91. The summed E-state index contributed by atoms with van der Waals surface area (Å²) in [4.78, 5) is 17.7. The number of para-hydroxylation sites is 1. The summed E-state index contributed by atoms with van der Waals surface area (Å²) < 4.78 is 29.7. The monoisotopic (exact) mass is 388 g/mol. The lowest BCUT2D eigenvalue weighted by Gasteiger charge is -2.11. The van der Waals surface area contributed by atoms with Gasteiger partial charge in [0.05, 0.1) is 12.1 Å². The molecular weight excluding hydrogens is 374 g/mol. The molecule has 2 aromatic heterocycles. The lowest BCUT2D eigenvalue weighted by Crippen LogP contribution is -2.28. The quantitative estimate of drug-likeness (QED) is 0.469. The second-order valence-electron chi connectivity index (χ2n) is 6.69. The molecule has 7 heteroatoms. The lowest BCUT2D eigenvalue weighted by atomic mass is 10.2. The van der Waals surface area contributed by atoms with Gasteiger partial charge in [0.2, 0.25) is 0 Å². The van der Waals surface area contributed by atoms with Crippen molar-refractivity contribution in [2.75, 3.05) is 0 Å². The summed E-state index contributed by atoms with van der Waals surface area (Å²) in [6.45, 7) is 0.255. The second-order valence-corrected chi connectivity index (χ2v) is 6.69. The van der Waals surface area contributed by atoms with E-state index in [9.17, 15) is 13.6 Å². The van der Waals surface area contributed by atoms with Crippen LogP contribution in [0, 0.1) is 11.6 Å². The molecule has 0 saturated heterocycles. The summed E-state index contributed by atoms with van der Waals surface area (Å²) in [5, 5.41) is 5.08. The number of hydrogen-bond donors (Lipinski definition) is 0. The van der Waals surface area contributed by atoms with Gasteiger partial charge in [-0.05, 0) is 42.0 Å². The first-order valence-corrected chi connectivity index (χ1v) is 8.99. The average Bonchev–Trinajstić information content (AvgIpc) is 3.19. The van der Waals surface area contributed by atoms with Crippen LogP contribution in [0.4, 0.5) is 8.78 Å². The molecule has 3 aromatic carbocycles. The van der Waals surface area contributed by atoms with Crippen LogP contribution in [0.1, 0.15) is 5.56 Å². The Labute approximate surface area is 163 Å². The van der Waals surface area contributed by atoms with Gasteiger partial charge >= 0.3 is 5.69 Å². The molecule has 0 spiro atoms. The van der Waals surface area contributed by atoms with Crippen molar-refractivity contribution in [3.05, 3.63) is 100 Å². The minimum atomic E-state index is -0.403. The Morgan fingerprint density at radius 2 is 1.66 bits per heavy atom. The number of halogens is 2. The zero-order valence-electron chi connectivity index (χ0n) is 15.1. The Morgan fingerprint density at radius 3 is 2.45 bits per heavy atom. The zero-order chi connectivity index (χ0) is 20.0. The van der Waals surface area contributed by atoms with E-state index < -0.39 is 5.82 Å². The smallest absolute Gasteiger partial charge is 0.287 e. The molecule has 0 amide bonds. The van der Waals surface area contributed by atoms with Gasteiger partial charge < -0.3 is 0 Å². The first kappa shape index (κ1) is 17.2. The summed E-state index contributed by atoms with van der Waals surface area (Å²) >= 11 is 0. The van der Waals surface area contributed by atoms with E-state index in [1.807, 2.05) is 24.3 Å². The predicted molar refractivity (Wildman–Crippen MR) is 106 cm³/mol. The van der Waals surface area contributed by atoms with E-state index in [1.165, 1.54) is 28.8 Å². The SMILES string of the molecule is O=c1n(Cc2ccc(F)cc2)c2ccccc2c2nc(-c3cccc(F)c3)nn12. The molecule has 0 bridgehead atoms.